The Labute approximate surface area is 174 Å². The fraction of sp³-hybridized carbons (Fsp3) is 0.619. The second-order valence-corrected chi connectivity index (χ2v) is 8.04. The van der Waals surface area contributed by atoms with Gasteiger partial charge in [-0.1, -0.05) is 18.2 Å². The van der Waals surface area contributed by atoms with Crippen LogP contribution in [0, 0.1) is 5.92 Å². The van der Waals surface area contributed by atoms with Gasteiger partial charge < -0.3 is 14.5 Å². The van der Waals surface area contributed by atoms with E-state index in [9.17, 15) is 22.8 Å². The van der Waals surface area contributed by atoms with E-state index < -0.39 is 17.8 Å². The van der Waals surface area contributed by atoms with E-state index in [4.69, 9.17) is 4.74 Å². The summed E-state index contributed by atoms with van der Waals surface area (Å²) < 4.78 is 43.3. The normalized spacial score (nSPS) is 18.5. The van der Waals surface area contributed by atoms with Gasteiger partial charge in [0, 0.05) is 20.1 Å². The minimum absolute atomic E-state index is 0.0468. The number of hydrogen-bond acceptors (Lipinski definition) is 4. The zero-order chi connectivity index (χ0) is 21.7. The van der Waals surface area contributed by atoms with Crippen molar-refractivity contribution in [3.63, 3.8) is 0 Å². The van der Waals surface area contributed by atoms with Crippen LogP contribution in [0.5, 0.6) is 0 Å². The van der Waals surface area contributed by atoms with E-state index in [0.29, 0.717) is 37.6 Å². The van der Waals surface area contributed by atoms with Gasteiger partial charge in [0.1, 0.15) is 13.2 Å². The third-order valence-electron chi connectivity index (χ3n) is 5.81. The van der Waals surface area contributed by atoms with E-state index in [1.165, 1.54) is 17.0 Å². The van der Waals surface area contributed by atoms with Crippen molar-refractivity contribution in [2.24, 2.45) is 5.92 Å². The lowest BCUT2D eigenvalue weighted by molar-refractivity contribution is -0.137. The number of carbonyl (C=O) groups is 2. The Bertz CT molecular complexity index is 749. The van der Waals surface area contributed by atoms with E-state index in [2.05, 4.69) is 4.90 Å². The number of cyclic esters (lactones) is 1. The van der Waals surface area contributed by atoms with Crippen LogP contribution < -0.4 is 0 Å². The van der Waals surface area contributed by atoms with Crippen LogP contribution in [0.1, 0.15) is 24.0 Å². The predicted octanol–water partition coefficient (Wildman–Crippen LogP) is 2.87. The van der Waals surface area contributed by atoms with Gasteiger partial charge in [0.2, 0.25) is 5.91 Å². The molecule has 166 valence electrons. The number of amides is 2. The third-order valence-corrected chi connectivity index (χ3v) is 5.81. The number of carbonyl (C=O) groups excluding carboxylic acids is 2. The van der Waals surface area contributed by atoms with Crippen LogP contribution in [0.2, 0.25) is 0 Å². The summed E-state index contributed by atoms with van der Waals surface area (Å²) in [6, 6.07) is 5.51. The van der Waals surface area contributed by atoms with Gasteiger partial charge in [-0.25, -0.2) is 4.79 Å². The first kappa shape index (κ1) is 22.4. The fourth-order valence-corrected chi connectivity index (χ4v) is 3.93. The first-order valence-electron chi connectivity index (χ1n) is 10.3. The Balaban J connectivity index is 1.38. The molecule has 1 aromatic carbocycles. The molecule has 0 aliphatic carbocycles. The number of ether oxygens (including phenoxy) is 1. The van der Waals surface area contributed by atoms with Gasteiger partial charge in [0.05, 0.1) is 12.1 Å². The van der Waals surface area contributed by atoms with Crippen molar-refractivity contribution in [3.8, 4) is 0 Å². The van der Waals surface area contributed by atoms with E-state index >= 15 is 0 Å². The standard InChI is InChI=1S/C21H28F3N3O3/c1-25(19(28)15-27-11-12-30-20(27)29)14-17-6-9-26(10-7-17)8-5-16-3-2-4-18(13-16)21(22,23)24/h2-4,13,17H,5-12,14-15H2,1H3. The number of alkyl halides is 3. The minimum atomic E-state index is -4.31. The topological polar surface area (TPSA) is 53.1 Å². The van der Waals surface area contributed by atoms with E-state index in [1.807, 2.05) is 0 Å². The minimum Gasteiger partial charge on any atom is -0.448 e. The highest BCUT2D eigenvalue weighted by molar-refractivity contribution is 5.82. The van der Waals surface area contributed by atoms with Crippen molar-refractivity contribution in [1.82, 2.24) is 14.7 Å². The lowest BCUT2D eigenvalue weighted by Crippen LogP contribution is -2.43. The molecule has 0 N–H and O–H groups in total. The summed E-state index contributed by atoms with van der Waals surface area (Å²) in [6.07, 6.45) is -2.30. The highest BCUT2D eigenvalue weighted by atomic mass is 19.4. The summed E-state index contributed by atoms with van der Waals surface area (Å²) in [5.41, 5.74) is 0.0892. The summed E-state index contributed by atoms with van der Waals surface area (Å²) in [5.74, 6) is 0.287. The molecule has 0 atom stereocenters. The van der Waals surface area contributed by atoms with Gasteiger partial charge in [0.15, 0.2) is 0 Å². The van der Waals surface area contributed by atoms with E-state index in [0.717, 1.165) is 38.5 Å². The summed E-state index contributed by atoms with van der Waals surface area (Å²) in [5, 5.41) is 0. The summed E-state index contributed by atoms with van der Waals surface area (Å²) in [6.45, 7) is 3.92. The van der Waals surface area contributed by atoms with Gasteiger partial charge >= 0.3 is 12.3 Å². The van der Waals surface area contributed by atoms with Crippen molar-refractivity contribution in [1.29, 1.82) is 0 Å². The molecule has 2 saturated heterocycles. The highest BCUT2D eigenvalue weighted by Crippen LogP contribution is 2.29. The van der Waals surface area contributed by atoms with E-state index in [-0.39, 0.29) is 12.5 Å². The molecule has 0 bridgehead atoms. The molecule has 3 rings (SSSR count). The van der Waals surface area contributed by atoms with Crippen LogP contribution in [-0.2, 0) is 22.1 Å². The van der Waals surface area contributed by atoms with Crippen LogP contribution in [0.4, 0.5) is 18.0 Å². The van der Waals surface area contributed by atoms with Crippen molar-refractivity contribution in [3.05, 3.63) is 35.4 Å². The Kier molecular flexibility index (Phi) is 7.23. The van der Waals surface area contributed by atoms with Crippen molar-refractivity contribution >= 4 is 12.0 Å². The molecule has 0 saturated carbocycles. The summed E-state index contributed by atoms with van der Waals surface area (Å²) in [4.78, 5) is 29.1. The molecule has 0 radical (unpaired) electrons. The molecular formula is C21H28F3N3O3. The second-order valence-electron chi connectivity index (χ2n) is 8.04. The Morgan fingerprint density at radius 3 is 2.60 bits per heavy atom. The molecule has 2 aliphatic rings. The number of rotatable bonds is 7. The maximum Gasteiger partial charge on any atom is 0.416 e. The SMILES string of the molecule is CN(CC1CCN(CCc2cccc(C(F)(F)F)c2)CC1)C(=O)CN1CCOC1=O. The molecule has 9 heteroatoms. The number of nitrogens with zero attached hydrogens (tertiary/aromatic N) is 3. The Morgan fingerprint density at radius 2 is 1.97 bits per heavy atom. The fourth-order valence-electron chi connectivity index (χ4n) is 3.93. The molecule has 1 aromatic rings. The summed E-state index contributed by atoms with van der Waals surface area (Å²) >= 11 is 0. The zero-order valence-corrected chi connectivity index (χ0v) is 17.2. The maximum absolute atomic E-state index is 12.8. The molecule has 0 spiro atoms. The van der Waals surface area contributed by atoms with Crippen molar-refractivity contribution in [2.75, 3.05) is 52.9 Å². The quantitative estimate of drug-likeness (QED) is 0.672. The average Bonchev–Trinajstić information content (AvgIpc) is 3.11. The van der Waals surface area contributed by atoms with Crippen LogP contribution in [0.3, 0.4) is 0 Å². The zero-order valence-electron chi connectivity index (χ0n) is 17.2. The van der Waals surface area contributed by atoms with Crippen LogP contribution in [-0.4, -0.2) is 79.6 Å². The summed E-state index contributed by atoms with van der Waals surface area (Å²) in [7, 11) is 1.75. The molecule has 0 aromatic heterocycles. The molecule has 0 unspecified atom stereocenters. The predicted molar refractivity (Wildman–Crippen MR) is 105 cm³/mol. The number of hydrogen-bond donors (Lipinski definition) is 0. The highest BCUT2D eigenvalue weighted by Gasteiger charge is 2.30. The van der Waals surface area contributed by atoms with Gasteiger partial charge in [-0.3, -0.25) is 9.69 Å². The average molecular weight is 427 g/mol. The molecule has 2 heterocycles. The Morgan fingerprint density at radius 1 is 1.23 bits per heavy atom. The van der Waals surface area contributed by atoms with E-state index in [1.54, 1.807) is 18.0 Å². The maximum atomic E-state index is 12.8. The third kappa shape index (κ3) is 6.10. The molecular weight excluding hydrogens is 399 g/mol. The molecule has 2 amide bonds. The monoisotopic (exact) mass is 427 g/mol. The molecule has 6 nitrogen and oxygen atoms in total. The number of halogens is 3. The van der Waals surface area contributed by atoms with Gasteiger partial charge in [-0.2, -0.15) is 13.2 Å². The second kappa shape index (κ2) is 9.68. The number of likely N-dealkylation sites (N-methyl/N-ethyl adjacent to an activating group) is 1. The van der Waals surface area contributed by atoms with Crippen molar-refractivity contribution in [2.45, 2.75) is 25.4 Å². The van der Waals surface area contributed by atoms with Crippen LogP contribution in [0.25, 0.3) is 0 Å². The lowest BCUT2D eigenvalue weighted by atomic mass is 9.96. The first-order chi connectivity index (χ1) is 14.2. The largest absolute Gasteiger partial charge is 0.448 e. The van der Waals surface area contributed by atoms with Crippen LogP contribution >= 0.6 is 0 Å². The lowest BCUT2D eigenvalue weighted by Gasteiger charge is -2.34. The Hall–Kier alpha value is -2.29. The number of benzene rings is 1. The van der Waals surface area contributed by atoms with Gasteiger partial charge in [-0.15, -0.1) is 0 Å². The van der Waals surface area contributed by atoms with Gasteiger partial charge in [0.25, 0.3) is 0 Å². The first-order valence-corrected chi connectivity index (χ1v) is 10.3. The number of likely N-dealkylation sites (tertiary alicyclic amines) is 1. The molecule has 30 heavy (non-hydrogen) atoms. The van der Waals surface area contributed by atoms with Crippen LogP contribution in [0.15, 0.2) is 24.3 Å². The number of piperidine rings is 1. The van der Waals surface area contributed by atoms with Crippen molar-refractivity contribution < 1.29 is 27.5 Å². The van der Waals surface area contributed by atoms with Gasteiger partial charge in [-0.05, 0) is 49.9 Å². The smallest absolute Gasteiger partial charge is 0.416 e. The molecule has 2 aliphatic heterocycles. The molecule has 2 fully saturated rings.